The summed E-state index contributed by atoms with van der Waals surface area (Å²) in [5.41, 5.74) is 0.751. The molecule has 2 amide bonds. The Balaban J connectivity index is 1.52. The molecule has 1 aliphatic rings. The van der Waals surface area contributed by atoms with Crippen LogP contribution in [0.1, 0.15) is 10.4 Å². The number of para-hydroxylation sites is 2. The Morgan fingerprint density at radius 1 is 1.07 bits per heavy atom. The second kappa shape index (κ2) is 6.95. The molecule has 136 valence electrons. The van der Waals surface area contributed by atoms with Gasteiger partial charge in [-0.15, -0.1) is 0 Å². The maximum Gasteiger partial charge on any atom is 0.255 e. The molecule has 7 nitrogen and oxygen atoms in total. The van der Waals surface area contributed by atoms with Gasteiger partial charge >= 0.3 is 0 Å². The predicted molar refractivity (Wildman–Crippen MR) is 101 cm³/mol. The number of rotatable bonds is 3. The highest BCUT2D eigenvalue weighted by molar-refractivity contribution is 6.08. The van der Waals surface area contributed by atoms with E-state index in [1.165, 1.54) is 6.20 Å². The Kier molecular flexibility index (Phi) is 4.33. The van der Waals surface area contributed by atoms with E-state index in [9.17, 15) is 14.4 Å². The van der Waals surface area contributed by atoms with Crippen LogP contribution in [0.4, 0.5) is 5.69 Å². The lowest BCUT2D eigenvalue weighted by Gasteiger charge is -2.29. The number of carbonyl (C=O) groups is 2. The van der Waals surface area contributed by atoms with Crippen molar-refractivity contribution in [3.05, 3.63) is 70.6 Å². The Bertz CT molecular complexity index is 1090. The molecule has 27 heavy (non-hydrogen) atoms. The van der Waals surface area contributed by atoms with E-state index in [1.54, 1.807) is 35.2 Å². The van der Waals surface area contributed by atoms with Gasteiger partial charge in [0.05, 0.1) is 24.3 Å². The third-order valence-corrected chi connectivity index (χ3v) is 4.48. The number of benzene rings is 2. The molecule has 1 aliphatic heterocycles. The summed E-state index contributed by atoms with van der Waals surface area (Å²) >= 11 is 0. The molecule has 2 heterocycles. The van der Waals surface area contributed by atoms with Crippen LogP contribution in [-0.4, -0.2) is 36.5 Å². The molecule has 0 aliphatic carbocycles. The maximum atomic E-state index is 12.6. The summed E-state index contributed by atoms with van der Waals surface area (Å²) in [6.45, 7) is 0.676. The SMILES string of the molecule is O=C(NCC(=O)N1CCOc2ccccc21)c1c[nH]c(=O)c2ccccc12. The molecule has 0 atom stereocenters. The molecule has 0 bridgehead atoms. The van der Waals surface area contributed by atoms with Crippen LogP contribution in [0.15, 0.2) is 59.5 Å². The zero-order valence-corrected chi connectivity index (χ0v) is 14.4. The van der Waals surface area contributed by atoms with Crippen LogP contribution in [0.25, 0.3) is 10.8 Å². The quantitative estimate of drug-likeness (QED) is 0.741. The largest absolute Gasteiger partial charge is 0.490 e. The van der Waals surface area contributed by atoms with Crippen molar-refractivity contribution in [1.82, 2.24) is 10.3 Å². The van der Waals surface area contributed by atoms with E-state index >= 15 is 0 Å². The number of H-pyrrole nitrogens is 1. The lowest BCUT2D eigenvalue weighted by Crippen LogP contribution is -2.44. The number of ether oxygens (including phenoxy) is 1. The standard InChI is InChI=1S/C20H17N3O4/c24-18(23-9-10-27-17-8-4-3-7-16(17)23)12-22-20(26)15-11-21-19(25)14-6-2-1-5-13(14)15/h1-8,11H,9-10,12H2,(H,21,25)(H,22,26). The lowest BCUT2D eigenvalue weighted by molar-refractivity contribution is -0.117. The number of pyridine rings is 1. The topological polar surface area (TPSA) is 91.5 Å². The summed E-state index contributed by atoms with van der Waals surface area (Å²) in [5.74, 6) is 0.000213. The molecular weight excluding hydrogens is 346 g/mol. The number of nitrogens with zero attached hydrogens (tertiary/aromatic N) is 1. The average molecular weight is 363 g/mol. The molecule has 0 saturated heterocycles. The molecule has 0 radical (unpaired) electrons. The summed E-state index contributed by atoms with van der Waals surface area (Å²) in [7, 11) is 0. The highest BCUT2D eigenvalue weighted by Gasteiger charge is 2.23. The maximum absolute atomic E-state index is 12.6. The van der Waals surface area contributed by atoms with Gasteiger partial charge in [-0.25, -0.2) is 0 Å². The minimum absolute atomic E-state index is 0.152. The fourth-order valence-corrected chi connectivity index (χ4v) is 3.17. The monoisotopic (exact) mass is 363 g/mol. The first-order valence-corrected chi connectivity index (χ1v) is 8.56. The first kappa shape index (κ1) is 16.8. The molecule has 2 aromatic carbocycles. The number of aromatic nitrogens is 1. The number of nitrogens with one attached hydrogen (secondary N) is 2. The van der Waals surface area contributed by atoms with Crippen molar-refractivity contribution in [2.24, 2.45) is 0 Å². The Morgan fingerprint density at radius 3 is 2.67 bits per heavy atom. The minimum atomic E-state index is -0.419. The van der Waals surface area contributed by atoms with Gasteiger partial charge in [-0.1, -0.05) is 30.3 Å². The average Bonchev–Trinajstić information content (AvgIpc) is 2.72. The summed E-state index contributed by atoms with van der Waals surface area (Å²) in [5, 5.41) is 3.62. The molecule has 0 spiro atoms. The van der Waals surface area contributed by atoms with E-state index in [1.807, 2.05) is 18.2 Å². The number of hydrogen-bond donors (Lipinski definition) is 2. The molecule has 1 aromatic heterocycles. The number of fused-ring (bicyclic) bond motifs is 2. The van der Waals surface area contributed by atoms with Gasteiger partial charge in [-0.05, 0) is 18.2 Å². The summed E-state index contributed by atoms with van der Waals surface area (Å²) in [6, 6.07) is 14.1. The summed E-state index contributed by atoms with van der Waals surface area (Å²) in [6.07, 6.45) is 1.37. The van der Waals surface area contributed by atoms with Crippen molar-refractivity contribution in [2.45, 2.75) is 0 Å². The van der Waals surface area contributed by atoms with Gasteiger partial charge in [-0.2, -0.15) is 0 Å². The Morgan fingerprint density at radius 2 is 1.81 bits per heavy atom. The van der Waals surface area contributed by atoms with E-state index < -0.39 is 5.91 Å². The molecule has 7 heteroatoms. The number of hydrogen-bond acceptors (Lipinski definition) is 4. The third-order valence-electron chi connectivity index (χ3n) is 4.48. The van der Waals surface area contributed by atoms with E-state index in [0.717, 1.165) is 0 Å². The van der Waals surface area contributed by atoms with Gasteiger partial charge in [-0.3, -0.25) is 14.4 Å². The van der Waals surface area contributed by atoms with Gasteiger partial charge in [0.25, 0.3) is 11.5 Å². The van der Waals surface area contributed by atoms with Crippen LogP contribution in [0.5, 0.6) is 5.75 Å². The van der Waals surface area contributed by atoms with E-state index in [-0.39, 0.29) is 18.0 Å². The number of carbonyl (C=O) groups excluding carboxylic acids is 2. The van der Waals surface area contributed by atoms with Crippen LogP contribution in [0.2, 0.25) is 0 Å². The Hall–Kier alpha value is -3.61. The molecule has 2 N–H and O–H groups in total. The third kappa shape index (κ3) is 3.15. The Labute approximate surface area is 154 Å². The highest BCUT2D eigenvalue weighted by atomic mass is 16.5. The molecule has 0 saturated carbocycles. The highest BCUT2D eigenvalue weighted by Crippen LogP contribution is 2.30. The minimum Gasteiger partial charge on any atom is -0.490 e. The zero-order valence-electron chi connectivity index (χ0n) is 14.4. The van der Waals surface area contributed by atoms with Gasteiger partial charge in [0.2, 0.25) is 5.91 Å². The van der Waals surface area contributed by atoms with Crippen molar-refractivity contribution >= 4 is 28.3 Å². The first-order valence-electron chi connectivity index (χ1n) is 8.56. The summed E-state index contributed by atoms with van der Waals surface area (Å²) in [4.78, 5) is 41.2. The fourth-order valence-electron chi connectivity index (χ4n) is 3.17. The van der Waals surface area contributed by atoms with Crippen molar-refractivity contribution in [2.75, 3.05) is 24.6 Å². The van der Waals surface area contributed by atoms with E-state index in [2.05, 4.69) is 10.3 Å². The normalized spacial score (nSPS) is 13.0. The number of aromatic amines is 1. The van der Waals surface area contributed by atoms with Crippen LogP contribution in [-0.2, 0) is 4.79 Å². The molecule has 3 aromatic rings. The first-order chi connectivity index (χ1) is 13.1. The van der Waals surface area contributed by atoms with E-state index in [4.69, 9.17) is 4.74 Å². The molecule has 0 fully saturated rings. The van der Waals surface area contributed by atoms with Crippen LogP contribution >= 0.6 is 0 Å². The second-order valence-electron chi connectivity index (χ2n) is 6.12. The number of amides is 2. The second-order valence-corrected chi connectivity index (χ2v) is 6.12. The summed E-state index contributed by atoms with van der Waals surface area (Å²) < 4.78 is 5.54. The van der Waals surface area contributed by atoms with Crippen molar-refractivity contribution < 1.29 is 14.3 Å². The smallest absolute Gasteiger partial charge is 0.255 e. The lowest BCUT2D eigenvalue weighted by atomic mass is 10.1. The van der Waals surface area contributed by atoms with Gasteiger partial charge in [0.1, 0.15) is 12.4 Å². The van der Waals surface area contributed by atoms with E-state index in [0.29, 0.717) is 40.9 Å². The van der Waals surface area contributed by atoms with Gasteiger partial charge < -0.3 is 19.9 Å². The van der Waals surface area contributed by atoms with Crippen molar-refractivity contribution in [3.8, 4) is 5.75 Å². The molecule has 0 unspecified atom stereocenters. The van der Waals surface area contributed by atoms with Gasteiger partial charge in [0.15, 0.2) is 0 Å². The fraction of sp³-hybridized carbons (Fsp3) is 0.150. The van der Waals surface area contributed by atoms with Gasteiger partial charge in [0, 0.05) is 17.0 Å². The van der Waals surface area contributed by atoms with Crippen LogP contribution in [0.3, 0.4) is 0 Å². The van der Waals surface area contributed by atoms with Crippen LogP contribution in [0, 0.1) is 0 Å². The molecule has 4 rings (SSSR count). The van der Waals surface area contributed by atoms with Crippen molar-refractivity contribution in [3.63, 3.8) is 0 Å². The van der Waals surface area contributed by atoms with Crippen molar-refractivity contribution in [1.29, 1.82) is 0 Å². The number of anilines is 1. The predicted octanol–water partition coefficient (Wildman–Crippen LogP) is 1.68. The molecular formula is C20H17N3O4. The zero-order chi connectivity index (χ0) is 18.8. The van der Waals surface area contributed by atoms with Crippen LogP contribution < -0.4 is 20.5 Å².